The van der Waals surface area contributed by atoms with Crippen LogP contribution in [0.15, 0.2) is 0 Å². The SMILES string of the molecule is COC(=O)C(C)(C)CNCC1CC2CCC1C2. The normalized spacial score (nSPS) is 31.8. The van der Waals surface area contributed by atoms with Crippen LogP contribution in [-0.4, -0.2) is 26.2 Å². The van der Waals surface area contributed by atoms with Crippen molar-refractivity contribution in [3.63, 3.8) is 0 Å². The Bertz CT molecular complexity index is 288. The molecule has 0 spiro atoms. The third-order valence-corrected chi connectivity index (χ3v) is 4.60. The first kappa shape index (κ1) is 12.9. The summed E-state index contributed by atoms with van der Waals surface area (Å²) in [7, 11) is 1.46. The molecule has 2 bridgehead atoms. The Kier molecular flexibility index (Phi) is 3.76. The number of methoxy groups -OCH3 is 1. The first-order chi connectivity index (χ1) is 8.03. The summed E-state index contributed by atoms with van der Waals surface area (Å²) >= 11 is 0. The lowest BCUT2D eigenvalue weighted by molar-refractivity contribution is -0.150. The molecule has 2 aliphatic carbocycles. The molecule has 0 aliphatic heterocycles. The van der Waals surface area contributed by atoms with Crippen molar-refractivity contribution in [2.75, 3.05) is 20.2 Å². The molecular formula is C14H25NO2. The van der Waals surface area contributed by atoms with Crippen LogP contribution >= 0.6 is 0 Å². The molecule has 2 aliphatic rings. The molecule has 3 heteroatoms. The third kappa shape index (κ3) is 2.82. The summed E-state index contributed by atoms with van der Waals surface area (Å²) in [5.74, 6) is 2.68. The van der Waals surface area contributed by atoms with E-state index in [2.05, 4.69) is 5.32 Å². The Morgan fingerprint density at radius 1 is 1.35 bits per heavy atom. The molecule has 0 aromatic carbocycles. The number of carbonyl (C=O) groups excluding carboxylic acids is 1. The standard InChI is InChI=1S/C14H25NO2/c1-14(2,13(16)17-3)9-15-8-12-7-10-4-5-11(12)6-10/h10-12,15H,4-9H2,1-3H3. The van der Waals surface area contributed by atoms with Crippen molar-refractivity contribution in [2.45, 2.75) is 39.5 Å². The number of esters is 1. The maximum atomic E-state index is 11.5. The lowest BCUT2D eigenvalue weighted by atomic mass is 9.88. The van der Waals surface area contributed by atoms with Gasteiger partial charge in [-0.05, 0) is 57.4 Å². The van der Waals surface area contributed by atoms with Crippen LogP contribution < -0.4 is 5.32 Å². The van der Waals surface area contributed by atoms with Gasteiger partial charge in [-0.25, -0.2) is 0 Å². The molecule has 1 N–H and O–H groups in total. The minimum absolute atomic E-state index is 0.127. The molecular weight excluding hydrogens is 214 g/mol. The molecule has 0 saturated heterocycles. The highest BCUT2D eigenvalue weighted by molar-refractivity contribution is 5.76. The minimum Gasteiger partial charge on any atom is -0.469 e. The molecule has 3 atom stereocenters. The molecule has 0 radical (unpaired) electrons. The summed E-state index contributed by atoms with van der Waals surface area (Å²) in [4.78, 5) is 11.5. The zero-order valence-electron chi connectivity index (χ0n) is 11.3. The molecule has 2 saturated carbocycles. The summed E-state index contributed by atoms with van der Waals surface area (Å²) in [5, 5.41) is 3.47. The largest absolute Gasteiger partial charge is 0.469 e. The quantitative estimate of drug-likeness (QED) is 0.748. The van der Waals surface area contributed by atoms with Gasteiger partial charge in [0.2, 0.25) is 0 Å². The Labute approximate surface area is 104 Å². The highest BCUT2D eigenvalue weighted by atomic mass is 16.5. The fourth-order valence-electron chi connectivity index (χ4n) is 3.54. The second-order valence-electron chi connectivity index (χ2n) is 6.44. The molecule has 17 heavy (non-hydrogen) atoms. The van der Waals surface area contributed by atoms with E-state index >= 15 is 0 Å². The number of nitrogens with one attached hydrogen (secondary N) is 1. The van der Waals surface area contributed by atoms with E-state index in [1.165, 1.54) is 32.8 Å². The van der Waals surface area contributed by atoms with E-state index in [4.69, 9.17) is 4.74 Å². The average molecular weight is 239 g/mol. The lowest BCUT2D eigenvalue weighted by Gasteiger charge is -2.26. The lowest BCUT2D eigenvalue weighted by Crippen LogP contribution is -2.39. The summed E-state index contributed by atoms with van der Waals surface area (Å²) < 4.78 is 4.81. The van der Waals surface area contributed by atoms with E-state index < -0.39 is 5.41 Å². The van der Waals surface area contributed by atoms with Gasteiger partial charge in [0.25, 0.3) is 0 Å². The van der Waals surface area contributed by atoms with Crippen molar-refractivity contribution < 1.29 is 9.53 Å². The fraction of sp³-hybridized carbons (Fsp3) is 0.929. The maximum Gasteiger partial charge on any atom is 0.312 e. The number of carbonyl (C=O) groups is 1. The van der Waals surface area contributed by atoms with Gasteiger partial charge in [0.15, 0.2) is 0 Å². The van der Waals surface area contributed by atoms with E-state index in [0.717, 1.165) is 24.3 Å². The van der Waals surface area contributed by atoms with E-state index in [0.29, 0.717) is 6.54 Å². The van der Waals surface area contributed by atoms with Crippen LogP contribution in [0.5, 0.6) is 0 Å². The van der Waals surface area contributed by atoms with Gasteiger partial charge >= 0.3 is 5.97 Å². The number of hydrogen-bond acceptors (Lipinski definition) is 3. The third-order valence-electron chi connectivity index (χ3n) is 4.60. The summed E-state index contributed by atoms with van der Waals surface area (Å²) in [6, 6.07) is 0. The smallest absolute Gasteiger partial charge is 0.312 e. The van der Waals surface area contributed by atoms with Gasteiger partial charge < -0.3 is 10.1 Å². The maximum absolute atomic E-state index is 11.5. The molecule has 3 nitrogen and oxygen atoms in total. The van der Waals surface area contributed by atoms with E-state index in [1.54, 1.807) is 0 Å². The van der Waals surface area contributed by atoms with Crippen molar-refractivity contribution in [1.29, 1.82) is 0 Å². The Morgan fingerprint density at radius 2 is 2.12 bits per heavy atom. The number of fused-ring (bicyclic) bond motifs is 2. The van der Waals surface area contributed by atoms with Crippen molar-refractivity contribution in [3.05, 3.63) is 0 Å². The van der Waals surface area contributed by atoms with Crippen molar-refractivity contribution in [1.82, 2.24) is 5.32 Å². The summed E-state index contributed by atoms with van der Waals surface area (Å²) in [6.45, 7) is 5.66. The second-order valence-corrected chi connectivity index (χ2v) is 6.44. The van der Waals surface area contributed by atoms with Gasteiger partial charge in [-0.3, -0.25) is 4.79 Å². The zero-order valence-corrected chi connectivity index (χ0v) is 11.3. The summed E-state index contributed by atoms with van der Waals surface area (Å²) in [6.07, 6.45) is 5.73. The van der Waals surface area contributed by atoms with Crippen molar-refractivity contribution >= 4 is 5.97 Å². The van der Waals surface area contributed by atoms with Crippen LogP contribution in [0.1, 0.15) is 39.5 Å². The van der Waals surface area contributed by atoms with Crippen LogP contribution in [0, 0.1) is 23.2 Å². The van der Waals surface area contributed by atoms with E-state index in [1.807, 2.05) is 13.8 Å². The van der Waals surface area contributed by atoms with Crippen LogP contribution in [0.25, 0.3) is 0 Å². The van der Waals surface area contributed by atoms with E-state index in [9.17, 15) is 4.79 Å². The highest BCUT2D eigenvalue weighted by Crippen LogP contribution is 2.47. The number of hydrogen-bond donors (Lipinski definition) is 1. The molecule has 0 aromatic heterocycles. The van der Waals surface area contributed by atoms with Crippen LogP contribution in [-0.2, 0) is 9.53 Å². The first-order valence-corrected chi connectivity index (χ1v) is 6.82. The van der Waals surface area contributed by atoms with Gasteiger partial charge in [0.1, 0.15) is 0 Å². The topological polar surface area (TPSA) is 38.3 Å². The predicted molar refractivity (Wildman–Crippen MR) is 67.6 cm³/mol. The van der Waals surface area contributed by atoms with Crippen molar-refractivity contribution in [2.24, 2.45) is 23.2 Å². The van der Waals surface area contributed by atoms with Gasteiger partial charge in [0, 0.05) is 6.54 Å². The Morgan fingerprint density at radius 3 is 2.65 bits per heavy atom. The second kappa shape index (κ2) is 4.97. The predicted octanol–water partition coefficient (Wildman–Crippen LogP) is 2.21. The monoisotopic (exact) mass is 239 g/mol. The van der Waals surface area contributed by atoms with Gasteiger partial charge in [-0.2, -0.15) is 0 Å². The summed E-state index contributed by atoms with van der Waals surface area (Å²) in [5.41, 5.74) is -0.410. The Hall–Kier alpha value is -0.570. The van der Waals surface area contributed by atoms with Crippen LogP contribution in [0.4, 0.5) is 0 Å². The number of ether oxygens (including phenoxy) is 1. The van der Waals surface area contributed by atoms with Gasteiger partial charge in [-0.1, -0.05) is 6.42 Å². The molecule has 3 unspecified atom stereocenters. The highest BCUT2D eigenvalue weighted by Gasteiger charge is 2.39. The fourth-order valence-corrected chi connectivity index (χ4v) is 3.54. The minimum atomic E-state index is -0.410. The first-order valence-electron chi connectivity index (χ1n) is 6.82. The average Bonchev–Trinajstić information content (AvgIpc) is 2.89. The van der Waals surface area contributed by atoms with E-state index in [-0.39, 0.29) is 5.97 Å². The van der Waals surface area contributed by atoms with Gasteiger partial charge in [0.05, 0.1) is 12.5 Å². The number of rotatable bonds is 5. The molecule has 0 amide bonds. The molecule has 2 rings (SSSR count). The van der Waals surface area contributed by atoms with Crippen molar-refractivity contribution in [3.8, 4) is 0 Å². The molecule has 98 valence electrons. The van der Waals surface area contributed by atoms with Gasteiger partial charge in [-0.15, -0.1) is 0 Å². The molecule has 0 aromatic rings. The van der Waals surface area contributed by atoms with Crippen LogP contribution in [0.3, 0.4) is 0 Å². The zero-order chi connectivity index (χ0) is 12.5. The molecule has 0 heterocycles. The molecule has 2 fully saturated rings. The van der Waals surface area contributed by atoms with Crippen LogP contribution in [0.2, 0.25) is 0 Å². The Balaban J connectivity index is 1.71.